The fourth-order valence-corrected chi connectivity index (χ4v) is 3.63. The minimum Gasteiger partial charge on any atom is -0.368 e. The molecule has 0 bridgehead atoms. The molecule has 1 aliphatic heterocycles. The number of hydrogen-bond acceptors (Lipinski definition) is 6. The van der Waals surface area contributed by atoms with Crippen molar-refractivity contribution in [1.29, 1.82) is 0 Å². The Balaban J connectivity index is 1.48. The number of aromatic nitrogens is 4. The van der Waals surface area contributed by atoms with Crippen LogP contribution >= 0.6 is 11.8 Å². The van der Waals surface area contributed by atoms with Crippen LogP contribution in [0.1, 0.15) is 13.8 Å². The second-order valence-electron chi connectivity index (χ2n) is 6.67. The lowest BCUT2D eigenvalue weighted by molar-refractivity contribution is -0.128. The molecule has 1 saturated heterocycles. The smallest absolute Gasteiger partial charge is 0.233 e. The molecule has 26 heavy (non-hydrogen) atoms. The molecular formula is C17H23FN6OS. The first kappa shape index (κ1) is 18.6. The van der Waals surface area contributed by atoms with Gasteiger partial charge in [-0.1, -0.05) is 25.6 Å². The third-order valence-electron chi connectivity index (χ3n) is 4.19. The summed E-state index contributed by atoms with van der Waals surface area (Å²) >= 11 is 1.38. The van der Waals surface area contributed by atoms with Crippen LogP contribution < -0.4 is 4.90 Å². The Bertz CT molecular complexity index is 727. The molecule has 1 amide bonds. The van der Waals surface area contributed by atoms with E-state index in [1.165, 1.54) is 23.9 Å². The van der Waals surface area contributed by atoms with Crippen molar-refractivity contribution in [2.24, 2.45) is 5.92 Å². The molecule has 140 valence electrons. The summed E-state index contributed by atoms with van der Waals surface area (Å²) in [6.07, 6.45) is 0. The molecule has 0 spiro atoms. The molecule has 0 N–H and O–H groups in total. The van der Waals surface area contributed by atoms with E-state index in [0.717, 1.165) is 25.3 Å². The lowest BCUT2D eigenvalue weighted by Crippen LogP contribution is -2.49. The van der Waals surface area contributed by atoms with Crippen molar-refractivity contribution < 1.29 is 9.18 Å². The zero-order valence-corrected chi connectivity index (χ0v) is 15.8. The second-order valence-corrected chi connectivity index (χ2v) is 7.61. The predicted octanol–water partition coefficient (Wildman–Crippen LogP) is 1.91. The molecule has 9 heteroatoms. The summed E-state index contributed by atoms with van der Waals surface area (Å²) in [5.74, 6) is 0.620. The van der Waals surface area contributed by atoms with Crippen LogP contribution in [0.5, 0.6) is 0 Å². The van der Waals surface area contributed by atoms with Gasteiger partial charge < -0.3 is 9.80 Å². The van der Waals surface area contributed by atoms with Gasteiger partial charge in [-0.3, -0.25) is 4.79 Å². The maximum atomic E-state index is 13.0. The molecule has 2 aromatic rings. The molecule has 1 aromatic carbocycles. The Kier molecular flexibility index (Phi) is 6.08. The molecule has 1 fully saturated rings. The normalized spacial score (nSPS) is 14.9. The van der Waals surface area contributed by atoms with Gasteiger partial charge >= 0.3 is 0 Å². The van der Waals surface area contributed by atoms with Crippen LogP contribution in [0.15, 0.2) is 29.4 Å². The van der Waals surface area contributed by atoms with Crippen LogP contribution in [0.4, 0.5) is 10.1 Å². The SMILES string of the molecule is CC(C)Cn1nnnc1SCC(=O)N1CCN(c2ccc(F)cc2)CC1. The molecule has 0 radical (unpaired) electrons. The quantitative estimate of drug-likeness (QED) is 0.716. The van der Waals surface area contributed by atoms with Gasteiger partial charge in [-0.15, -0.1) is 5.10 Å². The minimum atomic E-state index is -0.237. The van der Waals surface area contributed by atoms with Crippen molar-refractivity contribution in [3.63, 3.8) is 0 Å². The van der Waals surface area contributed by atoms with Gasteiger partial charge in [-0.2, -0.15) is 0 Å². The number of thioether (sulfide) groups is 1. The van der Waals surface area contributed by atoms with E-state index < -0.39 is 0 Å². The van der Waals surface area contributed by atoms with Gasteiger partial charge in [0.2, 0.25) is 11.1 Å². The minimum absolute atomic E-state index is 0.0906. The molecule has 0 aliphatic carbocycles. The van der Waals surface area contributed by atoms with Crippen molar-refractivity contribution in [2.45, 2.75) is 25.5 Å². The van der Waals surface area contributed by atoms with Gasteiger partial charge in [0.05, 0.1) is 5.75 Å². The average Bonchev–Trinajstić information content (AvgIpc) is 3.07. The number of rotatable bonds is 6. The van der Waals surface area contributed by atoms with E-state index >= 15 is 0 Å². The maximum absolute atomic E-state index is 13.0. The highest BCUT2D eigenvalue weighted by Gasteiger charge is 2.22. The Morgan fingerprint density at radius 2 is 1.88 bits per heavy atom. The molecule has 7 nitrogen and oxygen atoms in total. The third-order valence-corrected chi connectivity index (χ3v) is 5.13. The molecule has 0 atom stereocenters. The second kappa shape index (κ2) is 8.48. The summed E-state index contributed by atoms with van der Waals surface area (Å²) in [7, 11) is 0. The molecule has 3 rings (SSSR count). The van der Waals surface area contributed by atoms with Gasteiger partial charge in [0.15, 0.2) is 0 Å². The maximum Gasteiger partial charge on any atom is 0.233 e. The highest BCUT2D eigenvalue weighted by atomic mass is 32.2. The Morgan fingerprint density at radius 3 is 2.54 bits per heavy atom. The molecule has 1 aliphatic rings. The summed E-state index contributed by atoms with van der Waals surface area (Å²) in [6.45, 7) is 7.74. The van der Waals surface area contributed by atoms with E-state index in [1.807, 2.05) is 4.90 Å². The standard InChI is InChI=1S/C17H23FN6OS/c1-13(2)11-24-17(19-20-21-24)26-12-16(25)23-9-7-22(8-10-23)15-5-3-14(18)4-6-15/h3-6,13H,7-12H2,1-2H3. The van der Waals surface area contributed by atoms with Gasteiger partial charge in [0.1, 0.15) is 5.82 Å². The highest BCUT2D eigenvalue weighted by molar-refractivity contribution is 7.99. The van der Waals surface area contributed by atoms with E-state index in [2.05, 4.69) is 34.3 Å². The number of hydrogen-bond donors (Lipinski definition) is 0. The first-order chi connectivity index (χ1) is 12.5. The van der Waals surface area contributed by atoms with Crippen LogP contribution in [0.25, 0.3) is 0 Å². The van der Waals surface area contributed by atoms with Crippen molar-refractivity contribution in [3.05, 3.63) is 30.1 Å². The highest BCUT2D eigenvalue weighted by Crippen LogP contribution is 2.19. The van der Waals surface area contributed by atoms with E-state index in [-0.39, 0.29) is 11.7 Å². The van der Waals surface area contributed by atoms with Crippen LogP contribution in [0.2, 0.25) is 0 Å². The average molecular weight is 378 g/mol. The van der Waals surface area contributed by atoms with Crippen molar-refractivity contribution in [1.82, 2.24) is 25.1 Å². The van der Waals surface area contributed by atoms with Crippen LogP contribution in [0.3, 0.4) is 0 Å². The van der Waals surface area contributed by atoms with Crippen LogP contribution in [-0.2, 0) is 11.3 Å². The fraction of sp³-hybridized carbons (Fsp3) is 0.529. The molecule has 0 unspecified atom stereocenters. The number of amides is 1. The zero-order valence-electron chi connectivity index (χ0n) is 15.0. The van der Waals surface area contributed by atoms with Crippen molar-refractivity contribution in [3.8, 4) is 0 Å². The fourth-order valence-electron chi connectivity index (χ4n) is 2.84. The predicted molar refractivity (Wildman–Crippen MR) is 98.6 cm³/mol. The topological polar surface area (TPSA) is 67.2 Å². The number of piperazine rings is 1. The van der Waals surface area contributed by atoms with Gasteiger partial charge in [-0.05, 0) is 40.6 Å². The molecule has 1 aromatic heterocycles. The zero-order chi connectivity index (χ0) is 18.5. The first-order valence-corrected chi connectivity index (χ1v) is 9.68. The number of tetrazole rings is 1. The first-order valence-electron chi connectivity index (χ1n) is 8.70. The third kappa shape index (κ3) is 4.72. The number of halogens is 1. The lowest BCUT2D eigenvalue weighted by atomic mass is 10.2. The number of carbonyl (C=O) groups excluding carboxylic acids is 1. The number of nitrogens with zero attached hydrogens (tertiary/aromatic N) is 6. The summed E-state index contributed by atoms with van der Waals surface area (Å²) < 4.78 is 14.8. The van der Waals surface area contributed by atoms with E-state index in [1.54, 1.807) is 16.8 Å². The Labute approximate surface area is 156 Å². The molecule has 2 heterocycles. The molecular weight excluding hydrogens is 355 g/mol. The van der Waals surface area contributed by atoms with Crippen LogP contribution in [-0.4, -0.2) is 62.9 Å². The Hall–Kier alpha value is -2.16. The molecule has 0 saturated carbocycles. The number of benzene rings is 1. The van der Waals surface area contributed by atoms with E-state index in [0.29, 0.717) is 29.9 Å². The van der Waals surface area contributed by atoms with E-state index in [4.69, 9.17) is 0 Å². The number of anilines is 1. The van der Waals surface area contributed by atoms with Gasteiger partial charge in [-0.25, -0.2) is 9.07 Å². The lowest BCUT2D eigenvalue weighted by Gasteiger charge is -2.36. The largest absolute Gasteiger partial charge is 0.368 e. The summed E-state index contributed by atoms with van der Waals surface area (Å²) in [4.78, 5) is 16.5. The van der Waals surface area contributed by atoms with Gasteiger partial charge in [0, 0.05) is 38.4 Å². The summed E-state index contributed by atoms with van der Waals surface area (Å²) in [5.41, 5.74) is 0.987. The number of carbonyl (C=O) groups is 1. The van der Waals surface area contributed by atoms with Crippen LogP contribution in [0, 0.1) is 11.7 Å². The van der Waals surface area contributed by atoms with E-state index in [9.17, 15) is 9.18 Å². The Morgan fingerprint density at radius 1 is 1.19 bits per heavy atom. The van der Waals surface area contributed by atoms with Crippen molar-refractivity contribution >= 4 is 23.4 Å². The summed E-state index contributed by atoms with van der Waals surface area (Å²) in [6, 6.07) is 6.48. The van der Waals surface area contributed by atoms with Gasteiger partial charge in [0.25, 0.3) is 0 Å². The summed E-state index contributed by atoms with van der Waals surface area (Å²) in [5, 5.41) is 12.4. The van der Waals surface area contributed by atoms with Crippen molar-refractivity contribution in [2.75, 3.05) is 36.8 Å². The monoisotopic (exact) mass is 378 g/mol.